The highest BCUT2D eigenvalue weighted by Crippen LogP contribution is 2.31. The number of ether oxygens (including phenoxy) is 2. The zero-order valence-electron chi connectivity index (χ0n) is 20.1. The standard InChI is InChI=1S/C24H24F3N5O4S/c1-32-20(13-28-21(33)10-8-15-7-9-18(35-2)19(11-15)36-3)30-31-23(32)37-14-22(34)29-17-6-4-5-16(12-17)24(25,26)27/h4-12H,13-14H2,1-3H3,(H,28,33)(H,29,34). The summed E-state index contributed by atoms with van der Waals surface area (Å²) >= 11 is 1.06. The monoisotopic (exact) mass is 535 g/mol. The largest absolute Gasteiger partial charge is 0.493 e. The first-order valence-electron chi connectivity index (χ1n) is 10.8. The number of nitrogens with zero attached hydrogens (tertiary/aromatic N) is 3. The summed E-state index contributed by atoms with van der Waals surface area (Å²) in [5, 5.41) is 13.6. The summed E-state index contributed by atoms with van der Waals surface area (Å²) in [7, 11) is 4.73. The van der Waals surface area contributed by atoms with E-state index in [-0.39, 0.29) is 23.9 Å². The van der Waals surface area contributed by atoms with Crippen LogP contribution in [0.5, 0.6) is 11.5 Å². The molecule has 0 fully saturated rings. The molecule has 37 heavy (non-hydrogen) atoms. The molecule has 2 amide bonds. The lowest BCUT2D eigenvalue weighted by Gasteiger charge is -2.09. The van der Waals surface area contributed by atoms with Gasteiger partial charge in [0.15, 0.2) is 22.5 Å². The average Bonchev–Trinajstić information content (AvgIpc) is 3.23. The number of nitrogens with one attached hydrogen (secondary N) is 2. The lowest BCUT2D eigenvalue weighted by molar-refractivity contribution is -0.137. The molecule has 0 bridgehead atoms. The maximum Gasteiger partial charge on any atom is 0.416 e. The predicted octanol–water partition coefficient (Wildman–Crippen LogP) is 3.91. The molecule has 2 aromatic carbocycles. The number of thioether (sulfide) groups is 1. The molecule has 3 aromatic rings. The van der Waals surface area contributed by atoms with Crippen molar-refractivity contribution in [3.63, 3.8) is 0 Å². The minimum absolute atomic E-state index is 0.0444. The number of benzene rings is 2. The number of hydrogen-bond donors (Lipinski definition) is 2. The fourth-order valence-corrected chi connectivity index (χ4v) is 3.81. The van der Waals surface area contributed by atoms with Gasteiger partial charge in [0.1, 0.15) is 0 Å². The van der Waals surface area contributed by atoms with E-state index in [4.69, 9.17) is 9.47 Å². The molecule has 9 nitrogen and oxygen atoms in total. The highest BCUT2D eigenvalue weighted by Gasteiger charge is 2.30. The Morgan fingerprint density at radius 3 is 2.54 bits per heavy atom. The minimum Gasteiger partial charge on any atom is -0.493 e. The topological polar surface area (TPSA) is 107 Å². The summed E-state index contributed by atoms with van der Waals surface area (Å²) in [5.41, 5.74) is -0.0620. The molecule has 0 saturated carbocycles. The Bertz CT molecular complexity index is 1290. The molecule has 1 heterocycles. The SMILES string of the molecule is COc1ccc(C=CC(=O)NCc2nnc(SCC(=O)Nc3cccc(C(F)(F)F)c3)n2C)cc1OC. The van der Waals surface area contributed by atoms with Crippen molar-refractivity contribution >= 4 is 35.3 Å². The van der Waals surface area contributed by atoms with E-state index in [1.165, 1.54) is 32.4 Å². The Balaban J connectivity index is 1.50. The number of anilines is 1. The van der Waals surface area contributed by atoms with Gasteiger partial charge in [0.25, 0.3) is 0 Å². The van der Waals surface area contributed by atoms with Gasteiger partial charge in [-0.1, -0.05) is 23.9 Å². The Morgan fingerprint density at radius 2 is 1.84 bits per heavy atom. The Labute approximate surface area is 215 Å². The van der Waals surface area contributed by atoms with Crippen LogP contribution in [0.2, 0.25) is 0 Å². The number of aromatic nitrogens is 3. The van der Waals surface area contributed by atoms with Crippen LogP contribution >= 0.6 is 11.8 Å². The van der Waals surface area contributed by atoms with Crippen molar-refractivity contribution in [2.45, 2.75) is 17.9 Å². The molecule has 196 valence electrons. The van der Waals surface area contributed by atoms with Crippen LogP contribution in [0.15, 0.2) is 53.7 Å². The molecule has 13 heteroatoms. The van der Waals surface area contributed by atoms with Crippen molar-refractivity contribution in [1.82, 2.24) is 20.1 Å². The van der Waals surface area contributed by atoms with E-state index in [0.29, 0.717) is 22.5 Å². The predicted molar refractivity (Wildman–Crippen MR) is 132 cm³/mol. The van der Waals surface area contributed by atoms with E-state index in [0.717, 1.165) is 29.5 Å². The number of amides is 2. The van der Waals surface area contributed by atoms with Gasteiger partial charge in [-0.2, -0.15) is 13.2 Å². The number of alkyl halides is 3. The molecule has 0 spiro atoms. The first-order chi connectivity index (χ1) is 17.6. The Hall–Kier alpha value is -4.00. The van der Waals surface area contributed by atoms with Gasteiger partial charge in [-0.3, -0.25) is 9.59 Å². The van der Waals surface area contributed by atoms with Crippen molar-refractivity contribution in [2.24, 2.45) is 7.05 Å². The summed E-state index contributed by atoms with van der Waals surface area (Å²) in [6, 6.07) is 9.63. The van der Waals surface area contributed by atoms with Crippen LogP contribution in [0, 0.1) is 0 Å². The number of hydrogen-bond acceptors (Lipinski definition) is 7. The lowest BCUT2D eigenvalue weighted by atomic mass is 10.2. The zero-order valence-corrected chi connectivity index (χ0v) is 20.9. The first kappa shape index (κ1) is 27.6. The zero-order chi connectivity index (χ0) is 27.0. The Kier molecular flexibility index (Phi) is 9.17. The van der Waals surface area contributed by atoms with Gasteiger partial charge in [0, 0.05) is 18.8 Å². The molecule has 0 aliphatic heterocycles. The molecule has 0 aliphatic carbocycles. The number of halogens is 3. The van der Waals surface area contributed by atoms with Crippen LogP contribution in [-0.4, -0.2) is 46.6 Å². The molecular formula is C24H24F3N5O4S. The van der Waals surface area contributed by atoms with E-state index in [2.05, 4.69) is 20.8 Å². The molecular weight excluding hydrogens is 511 g/mol. The van der Waals surface area contributed by atoms with E-state index in [9.17, 15) is 22.8 Å². The maximum atomic E-state index is 12.8. The third-order valence-electron chi connectivity index (χ3n) is 4.99. The number of carbonyl (C=O) groups is 2. The lowest BCUT2D eigenvalue weighted by Crippen LogP contribution is -2.22. The number of carbonyl (C=O) groups excluding carboxylic acids is 2. The Morgan fingerprint density at radius 1 is 1.08 bits per heavy atom. The van der Waals surface area contributed by atoms with Gasteiger partial charge in [-0.25, -0.2) is 0 Å². The van der Waals surface area contributed by atoms with E-state index in [1.807, 2.05) is 0 Å². The second-order valence-corrected chi connectivity index (χ2v) is 8.48. The summed E-state index contributed by atoms with van der Waals surface area (Å²) in [6.45, 7) is 0.0929. The molecule has 0 radical (unpaired) electrons. The number of rotatable bonds is 10. The molecule has 0 unspecified atom stereocenters. The fraction of sp³-hybridized carbons (Fsp3) is 0.250. The summed E-state index contributed by atoms with van der Waals surface area (Å²) in [5.74, 6) is 0.622. The molecule has 0 saturated heterocycles. The van der Waals surface area contributed by atoms with Gasteiger partial charge >= 0.3 is 6.18 Å². The van der Waals surface area contributed by atoms with Gasteiger partial charge in [0.05, 0.1) is 32.1 Å². The highest BCUT2D eigenvalue weighted by molar-refractivity contribution is 7.99. The third-order valence-corrected chi connectivity index (χ3v) is 6.01. The second-order valence-electron chi connectivity index (χ2n) is 7.54. The van der Waals surface area contributed by atoms with Crippen LogP contribution in [0.25, 0.3) is 6.08 Å². The maximum absolute atomic E-state index is 12.8. The summed E-state index contributed by atoms with van der Waals surface area (Å²) < 4.78 is 50.5. The highest BCUT2D eigenvalue weighted by atomic mass is 32.2. The minimum atomic E-state index is -4.50. The normalized spacial score (nSPS) is 11.4. The van der Waals surface area contributed by atoms with Crippen LogP contribution in [0.3, 0.4) is 0 Å². The van der Waals surface area contributed by atoms with Gasteiger partial charge in [0.2, 0.25) is 11.8 Å². The second kappa shape index (κ2) is 12.3. The molecule has 0 atom stereocenters. The van der Waals surface area contributed by atoms with Gasteiger partial charge in [-0.15, -0.1) is 10.2 Å². The summed E-state index contributed by atoms with van der Waals surface area (Å²) in [4.78, 5) is 24.4. The molecule has 0 aliphatic rings. The molecule has 2 N–H and O–H groups in total. The fourth-order valence-electron chi connectivity index (χ4n) is 3.08. The van der Waals surface area contributed by atoms with Crippen LogP contribution < -0.4 is 20.1 Å². The third kappa shape index (κ3) is 7.74. The quantitative estimate of drug-likeness (QED) is 0.299. The van der Waals surface area contributed by atoms with E-state index < -0.39 is 17.6 Å². The van der Waals surface area contributed by atoms with Crippen molar-refractivity contribution in [2.75, 3.05) is 25.3 Å². The van der Waals surface area contributed by atoms with Crippen molar-refractivity contribution < 1.29 is 32.2 Å². The van der Waals surface area contributed by atoms with Gasteiger partial charge < -0.3 is 24.7 Å². The van der Waals surface area contributed by atoms with Crippen LogP contribution in [0.1, 0.15) is 17.0 Å². The summed E-state index contributed by atoms with van der Waals surface area (Å²) in [6.07, 6.45) is -1.51. The first-order valence-corrected chi connectivity index (χ1v) is 11.8. The van der Waals surface area contributed by atoms with Gasteiger partial charge in [-0.05, 0) is 42.0 Å². The van der Waals surface area contributed by atoms with Crippen molar-refractivity contribution in [3.05, 3.63) is 65.5 Å². The number of methoxy groups -OCH3 is 2. The van der Waals surface area contributed by atoms with Crippen molar-refractivity contribution in [3.8, 4) is 11.5 Å². The van der Waals surface area contributed by atoms with E-state index in [1.54, 1.807) is 35.9 Å². The molecule has 1 aromatic heterocycles. The van der Waals surface area contributed by atoms with E-state index >= 15 is 0 Å². The smallest absolute Gasteiger partial charge is 0.416 e. The molecule has 3 rings (SSSR count). The van der Waals surface area contributed by atoms with Crippen LogP contribution in [-0.2, 0) is 29.4 Å². The average molecular weight is 536 g/mol. The van der Waals surface area contributed by atoms with Crippen molar-refractivity contribution in [1.29, 1.82) is 0 Å². The van der Waals surface area contributed by atoms with Crippen LogP contribution in [0.4, 0.5) is 18.9 Å².